The Hall–Kier alpha value is -2.55. The third-order valence-corrected chi connectivity index (χ3v) is 5.49. The number of rotatable bonds is 4. The number of carbonyl (C=O) groups is 1. The number of likely N-dealkylation sites (tertiary alicyclic amines) is 1. The van der Waals surface area contributed by atoms with Crippen molar-refractivity contribution in [1.29, 1.82) is 0 Å². The second-order valence-corrected chi connectivity index (χ2v) is 7.45. The normalized spacial score (nSPS) is 15.5. The van der Waals surface area contributed by atoms with E-state index >= 15 is 0 Å². The average Bonchev–Trinajstić information content (AvgIpc) is 3.05. The number of nitrogens with zero attached hydrogens (tertiary/aromatic N) is 1. The molecule has 2 aromatic carbocycles. The topological polar surface area (TPSA) is 33.5 Å². The van der Waals surface area contributed by atoms with Crippen LogP contribution in [-0.4, -0.2) is 23.9 Å². The quantitative estimate of drug-likeness (QED) is 0.681. The van der Waals surface area contributed by atoms with Crippen LogP contribution in [0.3, 0.4) is 0 Å². The van der Waals surface area contributed by atoms with E-state index in [1.807, 2.05) is 17.0 Å². The molecule has 134 valence electrons. The van der Waals surface area contributed by atoms with Crippen molar-refractivity contribution in [2.75, 3.05) is 13.1 Å². The molecule has 3 aromatic rings. The van der Waals surface area contributed by atoms with Gasteiger partial charge in [-0.1, -0.05) is 42.0 Å². The number of hydrogen-bond acceptors (Lipinski definition) is 2. The van der Waals surface area contributed by atoms with Crippen molar-refractivity contribution >= 4 is 16.9 Å². The molecule has 2 heterocycles. The minimum atomic E-state index is 0.215. The molecule has 0 aliphatic carbocycles. The first-order valence-corrected chi connectivity index (χ1v) is 9.47. The lowest BCUT2D eigenvalue weighted by atomic mass is 9.90. The van der Waals surface area contributed by atoms with Gasteiger partial charge in [-0.2, -0.15) is 0 Å². The Morgan fingerprint density at radius 1 is 1.12 bits per heavy atom. The molecule has 4 rings (SSSR count). The lowest BCUT2D eigenvalue weighted by Crippen LogP contribution is -2.39. The molecular formula is C23H25NO2. The Kier molecular flexibility index (Phi) is 4.79. The van der Waals surface area contributed by atoms with Crippen molar-refractivity contribution in [3.63, 3.8) is 0 Å². The van der Waals surface area contributed by atoms with Crippen LogP contribution in [0.25, 0.3) is 11.0 Å². The van der Waals surface area contributed by atoms with Gasteiger partial charge in [0, 0.05) is 24.0 Å². The summed E-state index contributed by atoms with van der Waals surface area (Å²) in [6.45, 7) is 3.80. The van der Waals surface area contributed by atoms with Crippen LogP contribution in [0, 0.1) is 12.8 Å². The summed E-state index contributed by atoms with van der Waals surface area (Å²) in [6.07, 6.45) is 5.47. The molecular weight excluding hydrogens is 322 g/mol. The predicted octanol–water partition coefficient (Wildman–Crippen LogP) is 4.77. The summed E-state index contributed by atoms with van der Waals surface area (Å²) in [5.74, 6) is 0.895. The minimum absolute atomic E-state index is 0.215. The summed E-state index contributed by atoms with van der Waals surface area (Å²) in [5.41, 5.74) is 4.45. The number of piperidine rings is 1. The molecule has 0 radical (unpaired) electrons. The maximum Gasteiger partial charge on any atom is 0.227 e. The van der Waals surface area contributed by atoms with E-state index in [0.29, 0.717) is 12.3 Å². The number of fused-ring (bicyclic) bond motifs is 1. The molecule has 1 fully saturated rings. The Bertz CT molecular complexity index is 889. The molecule has 1 aliphatic heterocycles. The van der Waals surface area contributed by atoms with Gasteiger partial charge in [0.05, 0.1) is 12.7 Å². The number of benzene rings is 2. The molecule has 0 unspecified atom stereocenters. The van der Waals surface area contributed by atoms with Gasteiger partial charge in [0.1, 0.15) is 5.58 Å². The third-order valence-electron chi connectivity index (χ3n) is 5.49. The Morgan fingerprint density at radius 2 is 1.88 bits per heavy atom. The summed E-state index contributed by atoms with van der Waals surface area (Å²) >= 11 is 0. The van der Waals surface area contributed by atoms with Gasteiger partial charge in [0.25, 0.3) is 0 Å². The van der Waals surface area contributed by atoms with Gasteiger partial charge in [-0.05, 0) is 49.8 Å². The summed E-state index contributed by atoms with van der Waals surface area (Å²) < 4.78 is 5.60. The smallest absolute Gasteiger partial charge is 0.227 e. The Labute approximate surface area is 154 Å². The van der Waals surface area contributed by atoms with Crippen LogP contribution in [0.15, 0.2) is 59.2 Å². The van der Waals surface area contributed by atoms with Crippen molar-refractivity contribution in [1.82, 2.24) is 4.90 Å². The Morgan fingerprint density at radius 3 is 2.65 bits per heavy atom. The van der Waals surface area contributed by atoms with E-state index in [9.17, 15) is 4.79 Å². The lowest BCUT2D eigenvalue weighted by molar-refractivity contribution is -0.131. The fourth-order valence-electron chi connectivity index (χ4n) is 3.94. The maximum absolute atomic E-state index is 12.7. The highest BCUT2D eigenvalue weighted by molar-refractivity contribution is 5.88. The van der Waals surface area contributed by atoms with Crippen molar-refractivity contribution in [2.24, 2.45) is 5.92 Å². The van der Waals surface area contributed by atoms with Crippen LogP contribution < -0.4 is 0 Å². The minimum Gasteiger partial charge on any atom is -0.464 e. The summed E-state index contributed by atoms with van der Waals surface area (Å²) in [4.78, 5) is 14.8. The fourth-order valence-corrected chi connectivity index (χ4v) is 3.94. The second kappa shape index (κ2) is 7.36. The number of carbonyl (C=O) groups excluding carboxylic acids is 1. The van der Waals surface area contributed by atoms with E-state index in [4.69, 9.17) is 4.42 Å². The zero-order valence-corrected chi connectivity index (χ0v) is 15.3. The largest absolute Gasteiger partial charge is 0.464 e. The van der Waals surface area contributed by atoms with E-state index in [2.05, 4.69) is 43.3 Å². The Balaban J connectivity index is 1.35. The van der Waals surface area contributed by atoms with Gasteiger partial charge in [-0.15, -0.1) is 0 Å². The molecule has 0 saturated carbocycles. The number of amides is 1. The standard InChI is InChI=1S/C23H25NO2/c1-17-7-8-22-21(13-17)20(16-26-22)15-23(25)24-11-9-19(10-12-24)14-18-5-3-2-4-6-18/h2-8,13,16,19H,9-12,14-15H2,1H3. The molecule has 0 bridgehead atoms. The number of furan rings is 1. The molecule has 0 atom stereocenters. The van der Waals surface area contributed by atoms with E-state index in [0.717, 1.165) is 48.9 Å². The average molecular weight is 347 g/mol. The van der Waals surface area contributed by atoms with Crippen LogP contribution in [0.4, 0.5) is 0 Å². The van der Waals surface area contributed by atoms with E-state index < -0.39 is 0 Å². The molecule has 3 heteroatoms. The van der Waals surface area contributed by atoms with Crippen LogP contribution in [0.1, 0.15) is 29.5 Å². The van der Waals surface area contributed by atoms with Gasteiger partial charge in [-0.25, -0.2) is 0 Å². The predicted molar refractivity (Wildman–Crippen MR) is 104 cm³/mol. The highest BCUT2D eigenvalue weighted by Gasteiger charge is 2.23. The van der Waals surface area contributed by atoms with E-state index in [1.54, 1.807) is 6.26 Å². The first-order valence-electron chi connectivity index (χ1n) is 9.47. The molecule has 0 spiro atoms. The van der Waals surface area contributed by atoms with E-state index in [1.165, 1.54) is 11.1 Å². The summed E-state index contributed by atoms with van der Waals surface area (Å²) in [5, 5.41) is 1.07. The van der Waals surface area contributed by atoms with Gasteiger partial charge < -0.3 is 9.32 Å². The maximum atomic E-state index is 12.7. The molecule has 1 aliphatic rings. The molecule has 0 N–H and O–H groups in total. The van der Waals surface area contributed by atoms with Crippen molar-refractivity contribution < 1.29 is 9.21 Å². The summed E-state index contributed by atoms with van der Waals surface area (Å²) in [6, 6.07) is 16.8. The van der Waals surface area contributed by atoms with Crippen molar-refractivity contribution in [3.8, 4) is 0 Å². The zero-order valence-electron chi connectivity index (χ0n) is 15.3. The first-order chi connectivity index (χ1) is 12.7. The molecule has 1 saturated heterocycles. The lowest BCUT2D eigenvalue weighted by Gasteiger charge is -2.32. The first kappa shape index (κ1) is 16.9. The van der Waals surface area contributed by atoms with Gasteiger partial charge >= 0.3 is 0 Å². The van der Waals surface area contributed by atoms with Gasteiger partial charge in [0.2, 0.25) is 5.91 Å². The fraction of sp³-hybridized carbons (Fsp3) is 0.348. The number of hydrogen-bond donors (Lipinski definition) is 0. The summed E-state index contributed by atoms with van der Waals surface area (Å²) in [7, 11) is 0. The van der Waals surface area contributed by atoms with Gasteiger partial charge in [-0.3, -0.25) is 4.79 Å². The molecule has 1 aromatic heterocycles. The highest BCUT2D eigenvalue weighted by Crippen LogP contribution is 2.25. The van der Waals surface area contributed by atoms with Crippen LogP contribution in [0.2, 0.25) is 0 Å². The molecule has 1 amide bonds. The van der Waals surface area contributed by atoms with Gasteiger partial charge in [0.15, 0.2) is 0 Å². The van der Waals surface area contributed by atoms with Crippen LogP contribution >= 0.6 is 0 Å². The molecule has 26 heavy (non-hydrogen) atoms. The van der Waals surface area contributed by atoms with Crippen molar-refractivity contribution in [2.45, 2.75) is 32.6 Å². The second-order valence-electron chi connectivity index (χ2n) is 7.45. The zero-order chi connectivity index (χ0) is 17.9. The monoisotopic (exact) mass is 347 g/mol. The highest BCUT2D eigenvalue weighted by atomic mass is 16.3. The third kappa shape index (κ3) is 3.67. The number of aryl methyl sites for hydroxylation is 1. The van der Waals surface area contributed by atoms with Crippen molar-refractivity contribution in [3.05, 3.63) is 71.5 Å². The molecule has 3 nitrogen and oxygen atoms in total. The van der Waals surface area contributed by atoms with Crippen LogP contribution in [0.5, 0.6) is 0 Å². The van der Waals surface area contributed by atoms with Crippen LogP contribution in [-0.2, 0) is 17.6 Å². The van der Waals surface area contributed by atoms with E-state index in [-0.39, 0.29) is 5.91 Å². The SMILES string of the molecule is Cc1ccc2occ(CC(=O)N3CCC(Cc4ccccc4)CC3)c2c1.